The lowest BCUT2D eigenvalue weighted by atomic mass is 10.1. The van der Waals surface area contributed by atoms with Gasteiger partial charge in [-0.2, -0.15) is 0 Å². The fourth-order valence-corrected chi connectivity index (χ4v) is 3.48. The molecular formula is C23H31IN4O2. The molecule has 0 aliphatic carbocycles. The highest BCUT2D eigenvalue weighted by Crippen LogP contribution is 2.19. The van der Waals surface area contributed by atoms with Gasteiger partial charge in [-0.05, 0) is 30.5 Å². The van der Waals surface area contributed by atoms with E-state index < -0.39 is 0 Å². The molecule has 7 heteroatoms. The second-order valence-electron chi connectivity index (χ2n) is 7.05. The first-order chi connectivity index (χ1) is 14.2. The second kappa shape index (κ2) is 12.4. The van der Waals surface area contributed by atoms with Gasteiger partial charge in [-0.15, -0.1) is 24.0 Å². The molecule has 1 heterocycles. The summed E-state index contributed by atoms with van der Waals surface area (Å²) in [6.07, 6.45) is 1.63. The van der Waals surface area contributed by atoms with E-state index in [0.717, 1.165) is 36.8 Å². The summed E-state index contributed by atoms with van der Waals surface area (Å²) in [5.41, 5.74) is 3.39. The lowest BCUT2D eigenvalue weighted by Gasteiger charge is -2.19. The average molecular weight is 522 g/mol. The largest absolute Gasteiger partial charge is 0.496 e. The van der Waals surface area contributed by atoms with Crippen molar-refractivity contribution in [1.82, 2.24) is 15.5 Å². The van der Waals surface area contributed by atoms with Crippen LogP contribution in [0.3, 0.4) is 0 Å². The third-order valence-electron chi connectivity index (χ3n) is 5.04. The zero-order valence-corrected chi connectivity index (χ0v) is 20.0. The smallest absolute Gasteiger partial charge is 0.222 e. The van der Waals surface area contributed by atoms with Gasteiger partial charge in [0.05, 0.1) is 13.7 Å². The molecule has 0 bridgehead atoms. The Morgan fingerprint density at radius 3 is 2.43 bits per heavy atom. The summed E-state index contributed by atoms with van der Waals surface area (Å²) in [4.78, 5) is 18.6. The third-order valence-corrected chi connectivity index (χ3v) is 5.04. The van der Waals surface area contributed by atoms with Gasteiger partial charge in [0.2, 0.25) is 5.91 Å². The molecule has 0 atom stereocenters. The van der Waals surface area contributed by atoms with E-state index in [9.17, 15) is 4.79 Å². The first-order valence-electron chi connectivity index (χ1n) is 10.2. The van der Waals surface area contributed by atoms with Crippen molar-refractivity contribution in [2.24, 2.45) is 4.99 Å². The molecule has 1 aliphatic heterocycles. The molecular weight excluding hydrogens is 491 g/mol. The van der Waals surface area contributed by atoms with Crippen molar-refractivity contribution in [3.8, 4) is 5.75 Å². The number of hydrogen-bond donors (Lipinski definition) is 2. The summed E-state index contributed by atoms with van der Waals surface area (Å²) in [5, 5.41) is 6.71. The maximum absolute atomic E-state index is 12.0. The average Bonchev–Trinajstić information content (AvgIpc) is 3.15. The molecule has 0 spiro atoms. The number of amides is 1. The van der Waals surface area contributed by atoms with Gasteiger partial charge < -0.3 is 20.3 Å². The van der Waals surface area contributed by atoms with Crippen LogP contribution in [0.15, 0.2) is 53.5 Å². The number of rotatable bonds is 8. The first kappa shape index (κ1) is 24.0. The Morgan fingerprint density at radius 2 is 1.77 bits per heavy atom. The number of carbonyl (C=O) groups is 1. The number of ether oxygens (including phenoxy) is 1. The normalized spacial score (nSPS) is 13.7. The van der Waals surface area contributed by atoms with Crippen LogP contribution < -0.4 is 15.4 Å². The predicted molar refractivity (Wildman–Crippen MR) is 131 cm³/mol. The number of carbonyl (C=O) groups excluding carboxylic acids is 1. The molecule has 6 nitrogen and oxygen atoms in total. The highest BCUT2D eigenvalue weighted by Gasteiger charge is 2.20. The molecule has 2 N–H and O–H groups in total. The predicted octanol–water partition coefficient (Wildman–Crippen LogP) is 3.69. The van der Waals surface area contributed by atoms with Crippen molar-refractivity contribution in [1.29, 1.82) is 0 Å². The zero-order chi connectivity index (χ0) is 20.5. The van der Waals surface area contributed by atoms with Crippen LogP contribution in [0, 0.1) is 0 Å². The Hall–Kier alpha value is -2.29. The van der Waals surface area contributed by atoms with Gasteiger partial charge in [-0.1, -0.05) is 42.5 Å². The van der Waals surface area contributed by atoms with E-state index in [1.54, 1.807) is 7.11 Å². The number of guanidine groups is 1. The topological polar surface area (TPSA) is 66.0 Å². The van der Waals surface area contributed by atoms with Crippen LogP contribution >= 0.6 is 24.0 Å². The lowest BCUT2D eigenvalue weighted by Crippen LogP contribution is -2.37. The van der Waals surface area contributed by atoms with Crippen LogP contribution in [0.5, 0.6) is 5.75 Å². The van der Waals surface area contributed by atoms with Crippen LogP contribution in [-0.4, -0.2) is 37.0 Å². The summed E-state index contributed by atoms with van der Waals surface area (Å²) in [7, 11) is 1.67. The monoisotopic (exact) mass is 522 g/mol. The molecule has 0 aromatic heterocycles. The van der Waals surface area contributed by atoms with Gasteiger partial charge in [0.1, 0.15) is 5.75 Å². The van der Waals surface area contributed by atoms with E-state index in [-0.39, 0.29) is 29.9 Å². The first-order valence-corrected chi connectivity index (χ1v) is 10.2. The van der Waals surface area contributed by atoms with Gasteiger partial charge in [-0.3, -0.25) is 4.79 Å². The number of nitrogens with zero attached hydrogens (tertiary/aromatic N) is 2. The van der Waals surface area contributed by atoms with Crippen molar-refractivity contribution < 1.29 is 9.53 Å². The van der Waals surface area contributed by atoms with Gasteiger partial charge in [-0.25, -0.2) is 4.99 Å². The highest BCUT2D eigenvalue weighted by atomic mass is 127. The Balaban J connectivity index is 0.00000320. The van der Waals surface area contributed by atoms with Crippen LogP contribution in [0.4, 0.5) is 0 Å². The molecule has 30 heavy (non-hydrogen) atoms. The zero-order valence-electron chi connectivity index (χ0n) is 17.7. The standard InChI is InChI=1S/C23H30N4O2.HI/c1-3-24-23(26-16-19-10-6-7-12-21(19)29-2)25-15-18-9-4-5-11-20(18)17-27-14-8-13-22(27)28;/h4-7,9-12H,3,8,13-17H2,1-2H3,(H2,24,25,26);1H. The third kappa shape index (κ3) is 6.62. The minimum Gasteiger partial charge on any atom is -0.496 e. The molecule has 1 fully saturated rings. The summed E-state index contributed by atoms with van der Waals surface area (Å²) >= 11 is 0. The number of nitrogens with one attached hydrogen (secondary N) is 2. The van der Waals surface area contributed by atoms with Crippen molar-refractivity contribution in [2.75, 3.05) is 20.2 Å². The van der Waals surface area contributed by atoms with Gasteiger partial charge in [0.15, 0.2) is 5.96 Å². The number of halogens is 1. The minimum atomic E-state index is 0. The van der Waals surface area contributed by atoms with Crippen molar-refractivity contribution in [3.05, 3.63) is 65.2 Å². The van der Waals surface area contributed by atoms with Crippen molar-refractivity contribution in [3.63, 3.8) is 0 Å². The van der Waals surface area contributed by atoms with Crippen molar-refractivity contribution >= 4 is 35.8 Å². The molecule has 1 saturated heterocycles. The number of methoxy groups -OCH3 is 1. The molecule has 0 saturated carbocycles. The highest BCUT2D eigenvalue weighted by molar-refractivity contribution is 14.0. The quantitative estimate of drug-likeness (QED) is 0.316. The fourth-order valence-electron chi connectivity index (χ4n) is 3.48. The SMILES string of the molecule is CCNC(=NCc1ccccc1OC)NCc1ccccc1CN1CCCC1=O.I. The molecule has 0 radical (unpaired) electrons. The van der Waals surface area contributed by atoms with E-state index in [0.29, 0.717) is 26.1 Å². The summed E-state index contributed by atoms with van der Waals surface area (Å²) in [6, 6.07) is 16.2. The summed E-state index contributed by atoms with van der Waals surface area (Å²) < 4.78 is 5.41. The molecule has 0 unspecified atom stereocenters. The van der Waals surface area contributed by atoms with Crippen LogP contribution in [0.1, 0.15) is 36.5 Å². The van der Waals surface area contributed by atoms with E-state index >= 15 is 0 Å². The van der Waals surface area contributed by atoms with E-state index in [1.165, 1.54) is 11.1 Å². The Labute approximate surface area is 196 Å². The van der Waals surface area contributed by atoms with Gasteiger partial charge in [0, 0.05) is 38.2 Å². The van der Waals surface area contributed by atoms with Crippen molar-refractivity contribution in [2.45, 2.75) is 39.4 Å². The summed E-state index contributed by atoms with van der Waals surface area (Å²) in [6.45, 7) is 5.53. The van der Waals surface area contributed by atoms with Crippen LogP contribution in [-0.2, 0) is 24.4 Å². The second-order valence-corrected chi connectivity index (χ2v) is 7.05. The minimum absolute atomic E-state index is 0. The Kier molecular flexibility index (Phi) is 9.93. The molecule has 3 rings (SSSR count). The van der Waals surface area contributed by atoms with E-state index in [2.05, 4.69) is 22.8 Å². The Morgan fingerprint density at radius 1 is 1.07 bits per heavy atom. The molecule has 2 aromatic rings. The van der Waals surface area contributed by atoms with Crippen LogP contribution in [0.2, 0.25) is 0 Å². The molecule has 1 amide bonds. The van der Waals surface area contributed by atoms with Crippen LogP contribution in [0.25, 0.3) is 0 Å². The lowest BCUT2D eigenvalue weighted by molar-refractivity contribution is -0.128. The number of aliphatic imine (C=N–C) groups is 1. The fraction of sp³-hybridized carbons (Fsp3) is 0.391. The Bertz CT molecular complexity index is 857. The van der Waals surface area contributed by atoms with Gasteiger partial charge in [0.25, 0.3) is 0 Å². The van der Waals surface area contributed by atoms with Gasteiger partial charge >= 0.3 is 0 Å². The molecule has 162 valence electrons. The van der Waals surface area contributed by atoms with E-state index in [4.69, 9.17) is 9.73 Å². The molecule has 1 aliphatic rings. The number of likely N-dealkylation sites (tertiary alicyclic amines) is 1. The maximum Gasteiger partial charge on any atom is 0.222 e. The number of para-hydroxylation sites is 1. The maximum atomic E-state index is 12.0. The van der Waals surface area contributed by atoms with E-state index in [1.807, 2.05) is 48.2 Å². The summed E-state index contributed by atoms with van der Waals surface area (Å²) in [5.74, 6) is 1.85. The number of benzene rings is 2. The number of hydrogen-bond acceptors (Lipinski definition) is 3. The molecule has 2 aromatic carbocycles.